The van der Waals surface area contributed by atoms with E-state index >= 15 is 0 Å². The molecule has 2 amide bonds. The lowest BCUT2D eigenvalue weighted by molar-refractivity contribution is -0.147. The Morgan fingerprint density at radius 1 is 1.12 bits per heavy atom. The fraction of sp³-hybridized carbons (Fsp3) is 0.471. The molecule has 7 heteroatoms. The van der Waals surface area contributed by atoms with Crippen LogP contribution in [0, 0.1) is 0 Å². The molecule has 2 fully saturated rings. The number of anilines is 1. The summed E-state index contributed by atoms with van der Waals surface area (Å²) in [6.07, 6.45) is 2.44. The molecular formula is C17H20N2O5. The minimum absolute atomic E-state index is 0.00143. The van der Waals surface area contributed by atoms with E-state index in [0.717, 1.165) is 18.5 Å². The minimum atomic E-state index is -1.07. The Morgan fingerprint density at radius 2 is 1.88 bits per heavy atom. The van der Waals surface area contributed by atoms with E-state index in [4.69, 9.17) is 4.74 Å². The molecule has 24 heavy (non-hydrogen) atoms. The molecule has 2 aliphatic heterocycles. The Morgan fingerprint density at radius 3 is 2.54 bits per heavy atom. The van der Waals surface area contributed by atoms with Crippen LogP contribution in [-0.4, -0.2) is 60.1 Å². The SMILES string of the molecule is O=C(O)[C@@H]1COCCN1C(=O)c1ccc(N2CCCCC2=O)cc1. The normalized spacial score (nSPS) is 21.7. The van der Waals surface area contributed by atoms with Gasteiger partial charge in [0.15, 0.2) is 6.04 Å². The van der Waals surface area contributed by atoms with Crippen LogP contribution in [0.4, 0.5) is 5.69 Å². The fourth-order valence-corrected chi connectivity index (χ4v) is 3.08. The fourth-order valence-electron chi connectivity index (χ4n) is 3.08. The van der Waals surface area contributed by atoms with Crippen LogP contribution in [-0.2, 0) is 14.3 Å². The monoisotopic (exact) mass is 332 g/mol. The van der Waals surface area contributed by atoms with Crippen LogP contribution < -0.4 is 4.90 Å². The van der Waals surface area contributed by atoms with Crippen molar-refractivity contribution in [3.05, 3.63) is 29.8 Å². The lowest BCUT2D eigenvalue weighted by Gasteiger charge is -2.33. The summed E-state index contributed by atoms with van der Waals surface area (Å²) in [5, 5.41) is 9.23. The zero-order valence-electron chi connectivity index (χ0n) is 13.3. The third kappa shape index (κ3) is 3.26. The average molecular weight is 332 g/mol. The quantitative estimate of drug-likeness (QED) is 0.896. The summed E-state index contributed by atoms with van der Waals surface area (Å²) in [6, 6.07) is 5.82. The number of carboxylic acid groups (broad SMARTS) is 1. The highest BCUT2D eigenvalue weighted by molar-refractivity contribution is 5.98. The number of morpholine rings is 1. The van der Waals surface area contributed by atoms with Gasteiger partial charge in [-0.15, -0.1) is 0 Å². The Hall–Kier alpha value is -2.41. The van der Waals surface area contributed by atoms with Crippen LogP contribution >= 0.6 is 0 Å². The van der Waals surface area contributed by atoms with Crippen LogP contribution in [0.25, 0.3) is 0 Å². The first-order chi connectivity index (χ1) is 11.6. The van der Waals surface area contributed by atoms with Crippen molar-refractivity contribution in [3.8, 4) is 0 Å². The van der Waals surface area contributed by atoms with Gasteiger partial charge in [-0.1, -0.05) is 0 Å². The first kappa shape index (κ1) is 16.4. The summed E-state index contributed by atoms with van der Waals surface area (Å²) in [5.74, 6) is -1.31. The first-order valence-electron chi connectivity index (χ1n) is 8.10. The van der Waals surface area contributed by atoms with Crippen molar-refractivity contribution in [2.24, 2.45) is 0 Å². The van der Waals surface area contributed by atoms with Crippen molar-refractivity contribution in [2.45, 2.75) is 25.3 Å². The van der Waals surface area contributed by atoms with Gasteiger partial charge in [-0.25, -0.2) is 4.79 Å². The van der Waals surface area contributed by atoms with Crippen molar-refractivity contribution in [2.75, 3.05) is 31.2 Å². The highest BCUT2D eigenvalue weighted by Crippen LogP contribution is 2.22. The van der Waals surface area contributed by atoms with E-state index in [-0.39, 0.29) is 25.0 Å². The van der Waals surface area contributed by atoms with E-state index in [2.05, 4.69) is 0 Å². The lowest BCUT2D eigenvalue weighted by Crippen LogP contribution is -2.52. The predicted molar refractivity (Wildman–Crippen MR) is 85.9 cm³/mol. The number of amides is 2. The van der Waals surface area contributed by atoms with E-state index in [1.165, 1.54) is 4.90 Å². The van der Waals surface area contributed by atoms with E-state index in [1.807, 2.05) is 0 Å². The van der Waals surface area contributed by atoms with Gasteiger partial charge in [-0.3, -0.25) is 9.59 Å². The molecule has 3 rings (SSSR count). The van der Waals surface area contributed by atoms with Crippen molar-refractivity contribution >= 4 is 23.5 Å². The zero-order chi connectivity index (χ0) is 17.1. The first-order valence-corrected chi connectivity index (χ1v) is 8.10. The number of benzene rings is 1. The summed E-state index contributed by atoms with van der Waals surface area (Å²) in [5.41, 5.74) is 1.18. The van der Waals surface area contributed by atoms with Gasteiger partial charge in [-0.05, 0) is 37.1 Å². The maximum atomic E-state index is 12.6. The van der Waals surface area contributed by atoms with Gasteiger partial charge < -0.3 is 19.6 Å². The largest absolute Gasteiger partial charge is 0.480 e. The van der Waals surface area contributed by atoms with Gasteiger partial charge in [0, 0.05) is 30.8 Å². The van der Waals surface area contributed by atoms with Crippen LogP contribution in [0.3, 0.4) is 0 Å². The number of rotatable bonds is 3. The molecule has 0 aromatic heterocycles. The third-order valence-corrected chi connectivity index (χ3v) is 4.42. The van der Waals surface area contributed by atoms with Crippen LogP contribution in [0.5, 0.6) is 0 Å². The Labute approximate surface area is 139 Å². The molecule has 2 aliphatic rings. The number of aliphatic carboxylic acids is 1. The van der Waals surface area contributed by atoms with Gasteiger partial charge in [0.25, 0.3) is 5.91 Å². The number of carbonyl (C=O) groups excluding carboxylic acids is 2. The molecule has 2 heterocycles. The van der Waals surface area contributed by atoms with E-state index in [0.29, 0.717) is 25.1 Å². The van der Waals surface area contributed by atoms with E-state index < -0.39 is 12.0 Å². The molecule has 1 N–H and O–H groups in total. The molecule has 7 nitrogen and oxygen atoms in total. The molecule has 1 aromatic carbocycles. The van der Waals surface area contributed by atoms with Crippen molar-refractivity contribution in [1.82, 2.24) is 4.90 Å². The molecule has 0 bridgehead atoms. The summed E-state index contributed by atoms with van der Waals surface area (Å²) >= 11 is 0. The highest BCUT2D eigenvalue weighted by Gasteiger charge is 2.33. The second kappa shape index (κ2) is 7.00. The van der Waals surface area contributed by atoms with Gasteiger partial charge in [0.1, 0.15) is 0 Å². The van der Waals surface area contributed by atoms with Gasteiger partial charge >= 0.3 is 5.97 Å². The molecule has 1 aromatic rings. The van der Waals surface area contributed by atoms with Gasteiger partial charge in [0.05, 0.1) is 13.2 Å². The van der Waals surface area contributed by atoms with Crippen LogP contribution in [0.1, 0.15) is 29.6 Å². The summed E-state index contributed by atoms with van der Waals surface area (Å²) in [4.78, 5) is 38.9. The van der Waals surface area contributed by atoms with Crippen LogP contribution in [0.15, 0.2) is 24.3 Å². The molecule has 0 radical (unpaired) electrons. The molecule has 0 aliphatic carbocycles. The summed E-state index contributed by atoms with van der Waals surface area (Å²) in [7, 11) is 0. The van der Waals surface area contributed by atoms with Gasteiger partial charge in [-0.2, -0.15) is 0 Å². The molecule has 2 saturated heterocycles. The summed E-state index contributed by atoms with van der Waals surface area (Å²) in [6.45, 7) is 1.27. The smallest absolute Gasteiger partial charge is 0.328 e. The third-order valence-electron chi connectivity index (χ3n) is 4.42. The van der Waals surface area contributed by atoms with Crippen LogP contribution in [0.2, 0.25) is 0 Å². The molecule has 0 spiro atoms. The number of ether oxygens (including phenoxy) is 1. The number of carbonyl (C=O) groups is 3. The maximum absolute atomic E-state index is 12.6. The zero-order valence-corrected chi connectivity index (χ0v) is 13.3. The molecule has 128 valence electrons. The Balaban J connectivity index is 1.76. The number of hydrogen-bond acceptors (Lipinski definition) is 4. The maximum Gasteiger partial charge on any atom is 0.328 e. The molecule has 0 saturated carbocycles. The van der Waals surface area contributed by atoms with E-state index in [1.54, 1.807) is 29.2 Å². The Bertz CT molecular complexity index is 643. The minimum Gasteiger partial charge on any atom is -0.480 e. The second-order valence-corrected chi connectivity index (χ2v) is 5.98. The number of hydrogen-bond donors (Lipinski definition) is 1. The lowest BCUT2D eigenvalue weighted by atomic mass is 10.1. The van der Waals surface area contributed by atoms with Gasteiger partial charge in [0.2, 0.25) is 5.91 Å². The van der Waals surface area contributed by atoms with Crippen molar-refractivity contribution in [3.63, 3.8) is 0 Å². The topological polar surface area (TPSA) is 87.2 Å². The molecular weight excluding hydrogens is 312 g/mol. The predicted octanol–water partition coefficient (Wildman–Crippen LogP) is 1.13. The number of carboxylic acids is 1. The standard InChI is InChI=1S/C17H20N2O5/c20-15-3-1-2-8-18(15)13-6-4-12(5-7-13)16(21)19-9-10-24-11-14(19)17(22)23/h4-7,14H,1-3,8-11H2,(H,22,23)/t14-/m0/s1. The van der Waals surface area contributed by atoms with Crippen molar-refractivity contribution < 1.29 is 24.2 Å². The highest BCUT2D eigenvalue weighted by atomic mass is 16.5. The van der Waals surface area contributed by atoms with E-state index in [9.17, 15) is 19.5 Å². The second-order valence-electron chi connectivity index (χ2n) is 5.98. The molecule has 0 unspecified atom stereocenters. The number of piperidine rings is 1. The van der Waals surface area contributed by atoms with Crippen molar-refractivity contribution in [1.29, 1.82) is 0 Å². The average Bonchev–Trinajstić information content (AvgIpc) is 2.62. The number of nitrogens with zero attached hydrogens (tertiary/aromatic N) is 2. The Kier molecular flexibility index (Phi) is 4.80. The summed E-state index contributed by atoms with van der Waals surface area (Å²) < 4.78 is 5.15. The molecule has 1 atom stereocenters.